The van der Waals surface area contributed by atoms with Crippen LogP contribution in [-0.4, -0.2) is 46.2 Å². The van der Waals surface area contributed by atoms with E-state index in [9.17, 15) is 4.79 Å². The number of likely N-dealkylation sites (tertiary alicyclic amines) is 1. The molecule has 0 radical (unpaired) electrons. The molecule has 0 bridgehead atoms. The molecule has 27 heavy (non-hydrogen) atoms. The summed E-state index contributed by atoms with van der Waals surface area (Å²) in [5, 5.41) is 12.5. The molecule has 3 N–H and O–H groups in total. The Labute approximate surface area is 177 Å². The number of amides is 1. The Morgan fingerprint density at radius 3 is 2.67 bits per heavy atom. The Morgan fingerprint density at radius 2 is 2.00 bits per heavy atom. The number of aromatic nitrogens is 1. The van der Waals surface area contributed by atoms with E-state index < -0.39 is 5.91 Å². The maximum atomic E-state index is 11.0. The van der Waals surface area contributed by atoms with Crippen molar-refractivity contribution in [1.82, 2.24) is 15.4 Å². The van der Waals surface area contributed by atoms with Gasteiger partial charge in [0, 0.05) is 30.9 Å². The van der Waals surface area contributed by atoms with E-state index in [1.807, 2.05) is 0 Å². The minimum atomic E-state index is -0.590. The summed E-state index contributed by atoms with van der Waals surface area (Å²) in [7, 11) is 0. The van der Waals surface area contributed by atoms with Crippen LogP contribution in [0.4, 0.5) is 5.82 Å². The van der Waals surface area contributed by atoms with Crippen LogP contribution < -0.4 is 10.8 Å². The van der Waals surface area contributed by atoms with E-state index in [0.29, 0.717) is 22.4 Å². The van der Waals surface area contributed by atoms with Gasteiger partial charge in [0.2, 0.25) is 0 Å². The third kappa shape index (κ3) is 6.80. The summed E-state index contributed by atoms with van der Waals surface area (Å²) in [6, 6.07) is 2.87. The molecule has 2 heterocycles. The lowest BCUT2D eigenvalue weighted by molar-refractivity contribution is -0.124. The topological polar surface area (TPSA) is 77.5 Å². The van der Waals surface area contributed by atoms with Crippen LogP contribution in [0, 0.1) is 0 Å². The maximum absolute atomic E-state index is 11.0. The number of nitrogens with zero attached hydrogens (tertiary/aromatic N) is 2. The molecule has 0 aromatic carbocycles. The fourth-order valence-electron chi connectivity index (χ4n) is 3.78. The molecule has 1 atom stereocenters. The molecule has 6 nitrogen and oxygen atoms in total. The lowest BCUT2D eigenvalue weighted by atomic mass is 10.0. The van der Waals surface area contributed by atoms with E-state index in [1.54, 1.807) is 23.8 Å². The fourth-order valence-corrected chi connectivity index (χ4v) is 4.01. The summed E-state index contributed by atoms with van der Waals surface area (Å²) in [5.74, 6) is 0.0937. The standard InChI is InChI=1S/C18H25ClN4O2.2ClH/c19-16-10-13(7-8-17(24)22-25)11-20-18(16)21-14-4-3-9-23(12-14)15-5-1-2-6-15;;/h7-8,10-11,14-15,25H,1-6,9,12H2,(H,20,21)(H,22,24);2*1H/t14-;;/m1../s1. The van der Waals surface area contributed by atoms with Gasteiger partial charge in [-0.25, -0.2) is 10.5 Å². The number of piperidine rings is 1. The van der Waals surface area contributed by atoms with Crippen LogP contribution in [0.3, 0.4) is 0 Å². The minimum Gasteiger partial charge on any atom is -0.365 e. The van der Waals surface area contributed by atoms with Crippen LogP contribution in [0.15, 0.2) is 18.3 Å². The van der Waals surface area contributed by atoms with Gasteiger partial charge in [0.05, 0.1) is 5.02 Å². The molecule has 1 aromatic heterocycles. The Bertz CT molecular complexity index is 639. The predicted molar refractivity (Wildman–Crippen MR) is 113 cm³/mol. The van der Waals surface area contributed by atoms with Gasteiger partial charge in [-0.1, -0.05) is 24.4 Å². The van der Waals surface area contributed by atoms with Crippen LogP contribution in [-0.2, 0) is 4.79 Å². The van der Waals surface area contributed by atoms with Crippen molar-refractivity contribution < 1.29 is 10.0 Å². The molecule has 1 aliphatic heterocycles. The monoisotopic (exact) mass is 436 g/mol. The zero-order valence-electron chi connectivity index (χ0n) is 15.1. The number of nitrogens with one attached hydrogen (secondary N) is 2. The second-order valence-electron chi connectivity index (χ2n) is 6.83. The molecule has 9 heteroatoms. The summed E-state index contributed by atoms with van der Waals surface area (Å²) < 4.78 is 0. The van der Waals surface area contributed by atoms with Gasteiger partial charge in [0.25, 0.3) is 5.91 Å². The third-order valence-electron chi connectivity index (χ3n) is 5.03. The number of pyridine rings is 1. The van der Waals surface area contributed by atoms with Gasteiger partial charge in [-0.3, -0.25) is 14.9 Å². The number of hydrogen-bond donors (Lipinski definition) is 3. The predicted octanol–water partition coefficient (Wildman–Crippen LogP) is 3.92. The SMILES string of the molecule is Cl.Cl.O=C(C=Cc1cnc(N[C@@H]2CCCN(C3CCCC3)C2)c(Cl)c1)NO. The number of anilines is 1. The highest BCUT2D eigenvalue weighted by molar-refractivity contribution is 6.33. The lowest BCUT2D eigenvalue weighted by Crippen LogP contribution is -2.46. The second-order valence-corrected chi connectivity index (χ2v) is 7.23. The van der Waals surface area contributed by atoms with Gasteiger partial charge >= 0.3 is 0 Å². The third-order valence-corrected chi connectivity index (χ3v) is 5.32. The smallest absolute Gasteiger partial charge is 0.267 e. The summed E-state index contributed by atoms with van der Waals surface area (Å²) in [6.07, 6.45) is 12.1. The van der Waals surface area contributed by atoms with Gasteiger partial charge in [-0.15, -0.1) is 24.8 Å². The van der Waals surface area contributed by atoms with Gasteiger partial charge in [0.15, 0.2) is 0 Å². The quantitative estimate of drug-likeness (QED) is 0.370. The van der Waals surface area contributed by atoms with E-state index in [2.05, 4.69) is 15.2 Å². The van der Waals surface area contributed by atoms with Crippen LogP contribution in [0.25, 0.3) is 6.08 Å². The van der Waals surface area contributed by atoms with E-state index in [-0.39, 0.29) is 24.8 Å². The summed E-state index contributed by atoms with van der Waals surface area (Å²) in [5.41, 5.74) is 2.25. The number of carbonyl (C=O) groups is 1. The molecule has 2 fully saturated rings. The Balaban J connectivity index is 0.00000182. The minimum absolute atomic E-state index is 0. The van der Waals surface area contributed by atoms with Crippen molar-refractivity contribution in [2.24, 2.45) is 0 Å². The van der Waals surface area contributed by atoms with Crippen molar-refractivity contribution >= 4 is 54.2 Å². The molecule has 1 amide bonds. The summed E-state index contributed by atoms with van der Waals surface area (Å²) in [4.78, 5) is 18.0. The van der Waals surface area contributed by atoms with Gasteiger partial charge in [-0.2, -0.15) is 0 Å². The summed E-state index contributed by atoms with van der Waals surface area (Å²) >= 11 is 6.34. The highest BCUT2D eigenvalue weighted by atomic mass is 35.5. The number of carbonyl (C=O) groups excluding carboxylic acids is 1. The highest BCUT2D eigenvalue weighted by Gasteiger charge is 2.28. The van der Waals surface area contributed by atoms with E-state index in [1.165, 1.54) is 44.7 Å². The van der Waals surface area contributed by atoms with E-state index in [0.717, 1.165) is 19.0 Å². The van der Waals surface area contributed by atoms with E-state index >= 15 is 0 Å². The first-order chi connectivity index (χ1) is 12.2. The molecule has 152 valence electrons. The molecule has 3 rings (SSSR count). The molecular weight excluding hydrogens is 411 g/mol. The maximum Gasteiger partial charge on any atom is 0.267 e. The van der Waals surface area contributed by atoms with Gasteiger partial charge < -0.3 is 5.32 Å². The molecule has 0 unspecified atom stereocenters. The van der Waals surface area contributed by atoms with Crippen molar-refractivity contribution in [1.29, 1.82) is 0 Å². The first-order valence-electron chi connectivity index (χ1n) is 8.94. The molecule has 1 aromatic rings. The largest absolute Gasteiger partial charge is 0.365 e. The highest BCUT2D eigenvalue weighted by Crippen LogP contribution is 2.28. The fraction of sp³-hybridized carbons (Fsp3) is 0.556. The van der Waals surface area contributed by atoms with Crippen LogP contribution in [0.1, 0.15) is 44.1 Å². The zero-order chi connectivity index (χ0) is 17.6. The van der Waals surface area contributed by atoms with Crippen molar-refractivity contribution in [3.63, 3.8) is 0 Å². The Morgan fingerprint density at radius 1 is 1.26 bits per heavy atom. The molecule has 0 spiro atoms. The molecule has 1 saturated heterocycles. The molecule has 1 saturated carbocycles. The van der Waals surface area contributed by atoms with E-state index in [4.69, 9.17) is 16.8 Å². The second kappa shape index (κ2) is 11.7. The average molecular weight is 438 g/mol. The van der Waals surface area contributed by atoms with Gasteiger partial charge in [-0.05, 0) is 49.9 Å². The zero-order valence-corrected chi connectivity index (χ0v) is 17.5. The van der Waals surface area contributed by atoms with Gasteiger partial charge in [0.1, 0.15) is 5.82 Å². The number of halogens is 3. The number of rotatable bonds is 5. The normalized spacial score (nSPS) is 20.7. The van der Waals surface area contributed by atoms with Crippen molar-refractivity contribution in [2.75, 3.05) is 18.4 Å². The van der Waals surface area contributed by atoms with Crippen LogP contribution in [0.2, 0.25) is 5.02 Å². The Hall–Kier alpha value is -1.05. The molecule has 1 aliphatic carbocycles. The Kier molecular flexibility index (Phi) is 10.4. The first-order valence-corrected chi connectivity index (χ1v) is 9.32. The van der Waals surface area contributed by atoms with Crippen molar-refractivity contribution in [3.05, 3.63) is 28.9 Å². The lowest BCUT2D eigenvalue weighted by Gasteiger charge is -2.37. The van der Waals surface area contributed by atoms with Crippen molar-refractivity contribution in [3.8, 4) is 0 Å². The number of hydrogen-bond acceptors (Lipinski definition) is 5. The van der Waals surface area contributed by atoms with Crippen molar-refractivity contribution in [2.45, 2.75) is 50.6 Å². The molecular formula is C18H27Cl3N4O2. The van der Waals surface area contributed by atoms with Crippen LogP contribution in [0.5, 0.6) is 0 Å². The summed E-state index contributed by atoms with van der Waals surface area (Å²) in [6.45, 7) is 2.24. The molecule has 2 aliphatic rings. The van der Waals surface area contributed by atoms with Crippen LogP contribution >= 0.6 is 36.4 Å². The first kappa shape index (κ1) is 24.0. The average Bonchev–Trinajstić information content (AvgIpc) is 3.17. The number of hydroxylamine groups is 1.